The van der Waals surface area contributed by atoms with E-state index in [-0.39, 0.29) is 29.2 Å². The van der Waals surface area contributed by atoms with Gasteiger partial charge in [0, 0.05) is 31.5 Å². The van der Waals surface area contributed by atoms with E-state index in [1.807, 2.05) is 30.3 Å². The maximum Gasteiger partial charge on any atom is 0.248 e. The van der Waals surface area contributed by atoms with E-state index in [2.05, 4.69) is 36.0 Å². The predicted molar refractivity (Wildman–Crippen MR) is 148 cm³/mol. The molecule has 0 radical (unpaired) electrons. The van der Waals surface area contributed by atoms with Gasteiger partial charge in [0.1, 0.15) is 11.6 Å². The van der Waals surface area contributed by atoms with Crippen molar-refractivity contribution in [3.63, 3.8) is 0 Å². The van der Waals surface area contributed by atoms with Gasteiger partial charge in [-0.1, -0.05) is 71.8 Å². The normalized spacial score (nSPS) is 30.2. The molecule has 8 nitrogen and oxygen atoms in total. The number of ether oxygens (including phenoxy) is 1. The molecule has 0 aliphatic carbocycles. The Hall–Kier alpha value is -2.49. The third-order valence-electron chi connectivity index (χ3n) is 8.16. The summed E-state index contributed by atoms with van der Waals surface area (Å²) in [4.78, 5) is 47.0. The van der Waals surface area contributed by atoms with Gasteiger partial charge in [0.2, 0.25) is 17.7 Å². The highest BCUT2D eigenvalue weighted by Gasteiger charge is 2.77. The van der Waals surface area contributed by atoms with Gasteiger partial charge in [0.05, 0.1) is 30.6 Å². The number of hydrogen-bond acceptors (Lipinski definition) is 5. The Morgan fingerprint density at radius 1 is 1.24 bits per heavy atom. The van der Waals surface area contributed by atoms with Crippen LogP contribution in [0.15, 0.2) is 55.6 Å². The fraction of sp³-hybridized carbons (Fsp3) is 0.552. The molecule has 206 valence electrons. The fourth-order valence-corrected chi connectivity index (χ4v) is 7.44. The van der Waals surface area contributed by atoms with Gasteiger partial charge in [-0.3, -0.25) is 14.4 Å². The van der Waals surface area contributed by atoms with Crippen LogP contribution in [0.4, 0.5) is 0 Å². The van der Waals surface area contributed by atoms with Crippen molar-refractivity contribution in [3.8, 4) is 0 Å². The highest BCUT2D eigenvalue weighted by Crippen LogP contribution is 2.61. The summed E-state index contributed by atoms with van der Waals surface area (Å²) in [5.74, 6) is -2.35. The summed E-state index contributed by atoms with van der Waals surface area (Å²) in [6, 6.07) is 7.48. The Labute approximate surface area is 233 Å². The number of carbonyl (C=O) groups excluding carboxylic acids is 3. The number of benzene rings is 1. The lowest BCUT2D eigenvalue weighted by Gasteiger charge is -2.39. The van der Waals surface area contributed by atoms with Gasteiger partial charge >= 0.3 is 0 Å². The van der Waals surface area contributed by atoms with Crippen LogP contribution < -0.4 is 0 Å². The lowest BCUT2D eigenvalue weighted by molar-refractivity contribution is -0.151. The smallest absolute Gasteiger partial charge is 0.248 e. The zero-order valence-electron chi connectivity index (χ0n) is 22.2. The fourth-order valence-electron chi connectivity index (χ4n) is 6.50. The molecule has 3 amide bonds. The molecule has 38 heavy (non-hydrogen) atoms. The molecule has 1 aromatic rings. The van der Waals surface area contributed by atoms with E-state index in [1.165, 1.54) is 4.90 Å². The molecule has 0 aromatic heterocycles. The molecule has 3 unspecified atom stereocenters. The van der Waals surface area contributed by atoms with Crippen molar-refractivity contribution >= 4 is 33.7 Å². The Morgan fingerprint density at radius 2 is 1.92 bits per heavy atom. The minimum absolute atomic E-state index is 0.194. The number of carbonyl (C=O) groups is 3. The van der Waals surface area contributed by atoms with Gasteiger partial charge in [-0.25, -0.2) is 0 Å². The van der Waals surface area contributed by atoms with Crippen molar-refractivity contribution in [2.45, 2.75) is 54.8 Å². The predicted octanol–water partition coefficient (Wildman–Crippen LogP) is 2.93. The van der Waals surface area contributed by atoms with Crippen molar-refractivity contribution < 1.29 is 24.2 Å². The van der Waals surface area contributed by atoms with Gasteiger partial charge in [-0.15, -0.1) is 13.2 Å². The van der Waals surface area contributed by atoms with Crippen LogP contribution in [0.5, 0.6) is 0 Å². The van der Waals surface area contributed by atoms with Crippen molar-refractivity contribution in [2.24, 2.45) is 11.8 Å². The topological polar surface area (TPSA) is 90.4 Å². The summed E-state index contributed by atoms with van der Waals surface area (Å²) in [6.07, 6.45) is 4.91. The minimum Gasteiger partial charge on any atom is -0.394 e. The molecule has 1 N–H and O–H groups in total. The Balaban J connectivity index is 1.84. The number of alkyl halides is 1. The van der Waals surface area contributed by atoms with E-state index in [9.17, 15) is 19.5 Å². The molecule has 3 heterocycles. The third-order valence-corrected chi connectivity index (χ3v) is 9.01. The molecule has 3 fully saturated rings. The number of nitrogens with zero attached hydrogens (tertiary/aromatic N) is 3. The average molecular weight is 589 g/mol. The lowest BCUT2D eigenvalue weighted by Crippen LogP contribution is -2.57. The van der Waals surface area contributed by atoms with Crippen molar-refractivity contribution in [1.82, 2.24) is 14.7 Å². The quantitative estimate of drug-likeness (QED) is 0.300. The standard InChI is InChI=1S/C29H38BrN3O5/c1-5-8-16-32(15-7-3)28(37)25-29-17-20(30)24(38-29)22(26(35)31(4)14-6-2)23(29)27(36)33(25)21(18-34)19-12-10-9-11-13-19/h6-7,9-13,20-25,34H,2-3,5,8,14-18H2,1,4H3/t20?,21-,22-,23+,24-,25?,29?/m1/s1. The number of amides is 3. The van der Waals surface area contributed by atoms with Crippen LogP contribution in [-0.4, -0.2) is 93.4 Å². The first-order chi connectivity index (χ1) is 18.3. The molecule has 3 aliphatic heterocycles. The van der Waals surface area contributed by atoms with Gasteiger partial charge < -0.3 is 24.5 Å². The Kier molecular flexibility index (Phi) is 8.79. The SMILES string of the molecule is C=CCN(C)C(=O)[C@H]1[C@@H]2OC3(CC2Br)C(C(=O)N(CC=C)CCCC)N([C@H](CO)c2ccccc2)C(=O)[C@H]13. The van der Waals surface area contributed by atoms with E-state index in [0.717, 1.165) is 18.4 Å². The number of rotatable bonds is 12. The first kappa shape index (κ1) is 28.5. The van der Waals surface area contributed by atoms with Crippen LogP contribution in [0.2, 0.25) is 0 Å². The van der Waals surface area contributed by atoms with Crippen molar-refractivity contribution in [3.05, 3.63) is 61.2 Å². The van der Waals surface area contributed by atoms with Gasteiger partial charge in [0.25, 0.3) is 0 Å². The molecule has 9 heteroatoms. The molecule has 3 aliphatic rings. The molecule has 4 rings (SSSR count). The van der Waals surface area contributed by atoms with Crippen LogP contribution >= 0.6 is 15.9 Å². The molecular formula is C29H38BrN3O5. The first-order valence-electron chi connectivity index (χ1n) is 13.3. The summed E-state index contributed by atoms with van der Waals surface area (Å²) < 4.78 is 6.62. The number of likely N-dealkylation sites (tertiary alicyclic amines) is 1. The zero-order valence-corrected chi connectivity index (χ0v) is 23.8. The number of aliphatic hydroxyl groups excluding tert-OH is 1. The van der Waals surface area contributed by atoms with E-state index < -0.39 is 35.6 Å². The van der Waals surface area contributed by atoms with E-state index >= 15 is 0 Å². The third kappa shape index (κ3) is 4.62. The summed E-state index contributed by atoms with van der Waals surface area (Å²) in [6.45, 7) is 10.4. The van der Waals surface area contributed by atoms with Crippen LogP contribution in [-0.2, 0) is 19.1 Å². The van der Waals surface area contributed by atoms with Crippen molar-refractivity contribution in [1.29, 1.82) is 0 Å². The lowest BCUT2D eigenvalue weighted by atomic mass is 9.70. The highest BCUT2D eigenvalue weighted by atomic mass is 79.9. The van der Waals surface area contributed by atoms with Gasteiger partial charge in [0.15, 0.2) is 0 Å². The Morgan fingerprint density at radius 3 is 2.53 bits per heavy atom. The van der Waals surface area contributed by atoms with E-state index in [0.29, 0.717) is 26.1 Å². The molecule has 0 saturated carbocycles. The van der Waals surface area contributed by atoms with E-state index in [1.54, 1.807) is 29.0 Å². The summed E-state index contributed by atoms with van der Waals surface area (Å²) in [5, 5.41) is 10.6. The maximum atomic E-state index is 14.4. The second-order valence-electron chi connectivity index (χ2n) is 10.5. The van der Waals surface area contributed by atoms with Crippen LogP contribution in [0.1, 0.15) is 37.8 Å². The largest absolute Gasteiger partial charge is 0.394 e. The number of likely N-dealkylation sites (N-methyl/N-ethyl adjacent to an activating group) is 1. The van der Waals surface area contributed by atoms with Gasteiger partial charge in [-0.05, 0) is 18.4 Å². The second-order valence-corrected chi connectivity index (χ2v) is 11.6. The number of fused-ring (bicyclic) bond motifs is 1. The van der Waals surface area contributed by atoms with Crippen LogP contribution in [0.25, 0.3) is 0 Å². The molecule has 7 atom stereocenters. The second kappa shape index (κ2) is 11.7. The molecule has 3 saturated heterocycles. The van der Waals surface area contributed by atoms with Crippen LogP contribution in [0, 0.1) is 11.8 Å². The number of unbranched alkanes of at least 4 members (excludes halogenated alkanes) is 1. The zero-order chi connectivity index (χ0) is 27.6. The monoisotopic (exact) mass is 587 g/mol. The molecule has 2 bridgehead atoms. The molecule has 1 spiro atoms. The number of hydrogen-bond donors (Lipinski definition) is 1. The molecule has 1 aromatic carbocycles. The summed E-state index contributed by atoms with van der Waals surface area (Å²) in [7, 11) is 1.68. The number of aliphatic hydroxyl groups is 1. The molecular weight excluding hydrogens is 550 g/mol. The van der Waals surface area contributed by atoms with Crippen molar-refractivity contribution in [2.75, 3.05) is 33.3 Å². The minimum atomic E-state index is -1.18. The Bertz CT molecular complexity index is 1070. The first-order valence-corrected chi connectivity index (χ1v) is 14.2. The summed E-state index contributed by atoms with van der Waals surface area (Å²) in [5.41, 5.74) is -0.464. The van der Waals surface area contributed by atoms with Gasteiger partial charge in [-0.2, -0.15) is 0 Å². The average Bonchev–Trinajstić information content (AvgIpc) is 3.50. The maximum absolute atomic E-state index is 14.4. The van der Waals surface area contributed by atoms with Crippen LogP contribution in [0.3, 0.4) is 0 Å². The van der Waals surface area contributed by atoms with E-state index in [4.69, 9.17) is 4.74 Å². The number of halogens is 1. The summed E-state index contributed by atoms with van der Waals surface area (Å²) >= 11 is 3.71. The highest BCUT2D eigenvalue weighted by molar-refractivity contribution is 9.09.